The Kier molecular flexibility index (Phi) is 8.49. The van der Waals surface area contributed by atoms with E-state index in [2.05, 4.69) is 53.2 Å². The van der Waals surface area contributed by atoms with Crippen LogP contribution in [0.5, 0.6) is 0 Å². The van der Waals surface area contributed by atoms with Gasteiger partial charge in [-0.25, -0.2) is 4.79 Å². The van der Waals surface area contributed by atoms with Crippen molar-refractivity contribution < 1.29 is 14.3 Å². The van der Waals surface area contributed by atoms with Gasteiger partial charge in [0.15, 0.2) is 5.82 Å². The molecule has 2 aliphatic heterocycles. The van der Waals surface area contributed by atoms with E-state index in [1.165, 1.54) is 5.56 Å². The molecule has 2 aliphatic rings. The number of benzene rings is 1. The Balaban J connectivity index is 1.24. The minimum Gasteiger partial charge on any atom is -0.450 e. The lowest BCUT2D eigenvalue weighted by Crippen LogP contribution is -2.53. The number of piperazine rings is 1. The van der Waals surface area contributed by atoms with Crippen molar-refractivity contribution in [1.82, 2.24) is 20.0 Å². The first-order valence-corrected chi connectivity index (χ1v) is 13.3. The molecule has 0 radical (unpaired) electrons. The molecular formula is C26H35N5O3S. The van der Waals surface area contributed by atoms with Gasteiger partial charge in [0.1, 0.15) is 5.03 Å². The maximum Gasteiger partial charge on any atom is 0.409 e. The van der Waals surface area contributed by atoms with E-state index in [-0.39, 0.29) is 17.9 Å². The summed E-state index contributed by atoms with van der Waals surface area (Å²) >= 11 is 1.61. The predicted molar refractivity (Wildman–Crippen MR) is 137 cm³/mol. The lowest BCUT2D eigenvalue weighted by atomic mass is 9.95. The number of anilines is 1. The number of hydrogen-bond donors (Lipinski definition) is 0. The lowest BCUT2D eigenvalue weighted by Gasteiger charge is -2.38. The first-order valence-electron chi connectivity index (χ1n) is 12.5. The van der Waals surface area contributed by atoms with Crippen molar-refractivity contribution in [3.8, 4) is 0 Å². The molecule has 0 bridgehead atoms. The van der Waals surface area contributed by atoms with Crippen molar-refractivity contribution in [2.45, 2.75) is 49.5 Å². The van der Waals surface area contributed by atoms with Gasteiger partial charge >= 0.3 is 6.09 Å². The van der Waals surface area contributed by atoms with Crippen molar-refractivity contribution in [3.63, 3.8) is 0 Å². The standard InChI is InChI=1S/C26H35N5O3S/c1-4-34-26(33)31-17-15-30(16-18-31)25(32)21-11-13-29(14-12-21)23-9-10-24(28-27-23)35-22-7-5-20(6-8-22)19(2)3/h5-10,19,21H,4,11-18H2,1-3H3. The molecule has 0 unspecified atom stereocenters. The van der Waals surface area contributed by atoms with Crippen LogP contribution in [-0.2, 0) is 9.53 Å². The molecule has 0 saturated carbocycles. The zero-order valence-electron chi connectivity index (χ0n) is 20.9. The number of amides is 2. The van der Waals surface area contributed by atoms with Crippen LogP contribution in [0.1, 0.15) is 45.1 Å². The van der Waals surface area contributed by atoms with E-state index in [9.17, 15) is 9.59 Å². The van der Waals surface area contributed by atoms with Gasteiger partial charge in [-0.2, -0.15) is 0 Å². The number of carbonyl (C=O) groups is 2. The van der Waals surface area contributed by atoms with Gasteiger partial charge in [-0.05, 0) is 55.5 Å². The minimum atomic E-state index is -0.289. The maximum atomic E-state index is 13.0. The zero-order valence-corrected chi connectivity index (χ0v) is 21.7. The monoisotopic (exact) mass is 497 g/mol. The Morgan fingerprint density at radius 2 is 1.60 bits per heavy atom. The fourth-order valence-electron chi connectivity index (χ4n) is 4.52. The van der Waals surface area contributed by atoms with E-state index in [0.29, 0.717) is 38.7 Å². The first-order chi connectivity index (χ1) is 16.9. The van der Waals surface area contributed by atoms with Gasteiger partial charge in [-0.1, -0.05) is 37.7 Å². The van der Waals surface area contributed by atoms with Crippen LogP contribution in [0, 0.1) is 5.92 Å². The van der Waals surface area contributed by atoms with Crippen LogP contribution in [0.3, 0.4) is 0 Å². The van der Waals surface area contributed by atoms with Crippen molar-refractivity contribution in [3.05, 3.63) is 42.0 Å². The Morgan fingerprint density at radius 3 is 2.17 bits per heavy atom. The van der Waals surface area contributed by atoms with E-state index < -0.39 is 0 Å². The molecule has 2 aromatic rings. The largest absolute Gasteiger partial charge is 0.450 e. The minimum absolute atomic E-state index is 0.0250. The molecule has 2 amide bonds. The van der Waals surface area contributed by atoms with Crippen LogP contribution in [-0.4, -0.2) is 77.9 Å². The fraction of sp³-hybridized carbons (Fsp3) is 0.538. The number of carbonyl (C=O) groups excluding carboxylic acids is 2. The quantitative estimate of drug-likeness (QED) is 0.590. The molecule has 188 valence electrons. The van der Waals surface area contributed by atoms with Crippen molar-refractivity contribution in [2.24, 2.45) is 5.92 Å². The highest BCUT2D eigenvalue weighted by molar-refractivity contribution is 7.99. The highest BCUT2D eigenvalue weighted by Gasteiger charge is 2.32. The molecule has 8 nitrogen and oxygen atoms in total. The summed E-state index contributed by atoms with van der Waals surface area (Å²) in [5.41, 5.74) is 1.33. The predicted octanol–water partition coefficient (Wildman–Crippen LogP) is 4.27. The summed E-state index contributed by atoms with van der Waals surface area (Å²) < 4.78 is 5.06. The van der Waals surface area contributed by atoms with Crippen LogP contribution >= 0.6 is 11.8 Å². The Bertz CT molecular complexity index is 983. The van der Waals surface area contributed by atoms with Gasteiger partial charge in [0.2, 0.25) is 5.91 Å². The maximum absolute atomic E-state index is 13.0. The number of ether oxygens (including phenoxy) is 1. The third-order valence-corrected chi connectivity index (χ3v) is 7.62. The number of nitrogens with zero attached hydrogens (tertiary/aromatic N) is 5. The fourth-order valence-corrected chi connectivity index (χ4v) is 5.25. The molecule has 0 atom stereocenters. The lowest BCUT2D eigenvalue weighted by molar-refractivity contribution is -0.137. The van der Waals surface area contributed by atoms with Crippen molar-refractivity contribution in [1.29, 1.82) is 0 Å². The Morgan fingerprint density at radius 1 is 0.943 bits per heavy atom. The molecule has 35 heavy (non-hydrogen) atoms. The van der Waals surface area contributed by atoms with Crippen molar-refractivity contribution in [2.75, 3.05) is 50.8 Å². The molecule has 0 N–H and O–H groups in total. The molecule has 3 heterocycles. The summed E-state index contributed by atoms with van der Waals surface area (Å²) in [5.74, 6) is 1.61. The highest BCUT2D eigenvalue weighted by atomic mass is 32.2. The summed E-state index contributed by atoms with van der Waals surface area (Å²) in [5, 5.41) is 9.75. The first kappa shape index (κ1) is 25.3. The summed E-state index contributed by atoms with van der Waals surface area (Å²) in [6.07, 6.45) is 1.32. The average molecular weight is 498 g/mol. The van der Waals surface area contributed by atoms with Gasteiger partial charge in [-0.15, -0.1) is 10.2 Å². The third-order valence-electron chi connectivity index (χ3n) is 6.68. The SMILES string of the molecule is CCOC(=O)N1CCN(C(=O)C2CCN(c3ccc(Sc4ccc(C(C)C)cc4)nn3)CC2)CC1. The summed E-state index contributed by atoms with van der Waals surface area (Å²) in [4.78, 5) is 31.8. The number of piperidine rings is 1. The summed E-state index contributed by atoms with van der Waals surface area (Å²) in [7, 11) is 0. The molecule has 0 spiro atoms. The molecule has 2 fully saturated rings. The number of rotatable bonds is 6. The molecular weight excluding hydrogens is 462 g/mol. The van der Waals surface area contributed by atoms with E-state index in [1.807, 2.05) is 17.0 Å². The number of hydrogen-bond acceptors (Lipinski definition) is 7. The molecule has 4 rings (SSSR count). The Labute approximate surface area is 212 Å². The summed E-state index contributed by atoms with van der Waals surface area (Å²) in [6, 6.07) is 12.6. The van der Waals surface area contributed by atoms with E-state index in [0.717, 1.165) is 41.7 Å². The normalized spacial score (nSPS) is 17.1. The van der Waals surface area contributed by atoms with Crippen LogP contribution in [0.4, 0.5) is 10.6 Å². The van der Waals surface area contributed by atoms with Gasteiger partial charge in [0.25, 0.3) is 0 Å². The smallest absolute Gasteiger partial charge is 0.409 e. The van der Waals surface area contributed by atoms with Crippen LogP contribution in [0.2, 0.25) is 0 Å². The topological polar surface area (TPSA) is 78.9 Å². The van der Waals surface area contributed by atoms with E-state index >= 15 is 0 Å². The van der Waals surface area contributed by atoms with Crippen molar-refractivity contribution >= 4 is 29.6 Å². The van der Waals surface area contributed by atoms with E-state index in [4.69, 9.17) is 4.74 Å². The third kappa shape index (κ3) is 6.45. The van der Waals surface area contributed by atoms with Crippen LogP contribution in [0.25, 0.3) is 0 Å². The zero-order chi connectivity index (χ0) is 24.8. The average Bonchev–Trinajstić information content (AvgIpc) is 2.89. The van der Waals surface area contributed by atoms with Crippen LogP contribution in [0.15, 0.2) is 46.3 Å². The van der Waals surface area contributed by atoms with Gasteiger partial charge in [0, 0.05) is 50.1 Å². The van der Waals surface area contributed by atoms with E-state index in [1.54, 1.807) is 23.6 Å². The van der Waals surface area contributed by atoms with Gasteiger partial charge in [-0.3, -0.25) is 4.79 Å². The van der Waals surface area contributed by atoms with Crippen LogP contribution < -0.4 is 4.90 Å². The Hall–Kier alpha value is -2.81. The molecule has 0 aliphatic carbocycles. The second-order valence-corrected chi connectivity index (χ2v) is 10.4. The molecule has 9 heteroatoms. The second kappa shape index (κ2) is 11.7. The second-order valence-electron chi connectivity index (χ2n) is 9.33. The number of aromatic nitrogens is 2. The van der Waals surface area contributed by atoms with Gasteiger partial charge in [0.05, 0.1) is 6.61 Å². The highest BCUT2D eigenvalue weighted by Crippen LogP contribution is 2.29. The molecule has 1 aromatic carbocycles. The molecule has 2 saturated heterocycles. The van der Waals surface area contributed by atoms with Gasteiger partial charge < -0.3 is 19.4 Å². The molecule has 1 aromatic heterocycles. The summed E-state index contributed by atoms with van der Waals surface area (Å²) in [6.45, 7) is 10.3.